The Bertz CT molecular complexity index is 156. The van der Waals surface area contributed by atoms with E-state index in [1.807, 2.05) is 13.8 Å². The molecule has 2 amide bonds. The lowest BCUT2D eigenvalue weighted by Gasteiger charge is -2.18. The Balaban J connectivity index is 3.54. The van der Waals surface area contributed by atoms with Crippen LogP contribution in [0.1, 0.15) is 26.7 Å². The number of carbonyl (C=O) groups is 2. The summed E-state index contributed by atoms with van der Waals surface area (Å²) in [6, 6.07) is 0. The molecule has 76 valence electrons. The van der Waals surface area contributed by atoms with Crippen molar-refractivity contribution in [3.05, 3.63) is 0 Å². The number of amides is 2. The van der Waals surface area contributed by atoms with Gasteiger partial charge in [0, 0.05) is 26.1 Å². The Morgan fingerprint density at radius 3 is 2.46 bits per heavy atom. The van der Waals surface area contributed by atoms with E-state index in [1.165, 1.54) is 0 Å². The Labute approximate surface area is 79.3 Å². The normalized spacial score (nSPS) is 9.38. The van der Waals surface area contributed by atoms with E-state index in [1.54, 1.807) is 4.90 Å². The lowest BCUT2D eigenvalue weighted by Crippen LogP contribution is -2.30. The number of nitrogens with one attached hydrogen (secondary N) is 1. The second-order valence-electron chi connectivity index (χ2n) is 2.74. The predicted octanol–water partition coefficient (Wildman–Crippen LogP) is 0.381. The fourth-order valence-electron chi connectivity index (χ4n) is 1.14. The highest BCUT2D eigenvalue weighted by atomic mass is 16.2. The molecule has 0 saturated heterocycles. The van der Waals surface area contributed by atoms with Gasteiger partial charge in [-0.25, -0.2) is 0 Å². The fraction of sp³-hybridized carbons (Fsp3) is 0.778. The Morgan fingerprint density at radius 2 is 2.00 bits per heavy atom. The molecule has 0 rings (SSSR count). The second kappa shape index (κ2) is 7.58. The van der Waals surface area contributed by atoms with E-state index in [2.05, 4.69) is 5.32 Å². The third kappa shape index (κ3) is 5.22. The van der Waals surface area contributed by atoms with E-state index >= 15 is 0 Å². The fourth-order valence-corrected chi connectivity index (χ4v) is 1.14. The zero-order chi connectivity index (χ0) is 10.1. The maximum atomic E-state index is 11.4. The molecule has 0 unspecified atom stereocenters. The summed E-state index contributed by atoms with van der Waals surface area (Å²) in [6.45, 7) is 6.03. The third-order valence-electron chi connectivity index (χ3n) is 1.91. The van der Waals surface area contributed by atoms with Crippen molar-refractivity contribution in [2.24, 2.45) is 0 Å². The molecule has 0 heterocycles. The maximum Gasteiger partial charge on any atom is 0.222 e. The summed E-state index contributed by atoms with van der Waals surface area (Å²) in [6.07, 6.45) is 1.89. The molecule has 0 atom stereocenters. The molecule has 0 aromatic rings. The summed E-state index contributed by atoms with van der Waals surface area (Å²) in [5.74, 6) is 0.165. The number of nitrogens with zero attached hydrogens (tertiary/aromatic N) is 1. The molecule has 0 aliphatic rings. The van der Waals surface area contributed by atoms with Gasteiger partial charge in [0.1, 0.15) is 0 Å². The topological polar surface area (TPSA) is 49.4 Å². The number of carbonyl (C=O) groups excluding carboxylic acids is 2. The van der Waals surface area contributed by atoms with Crippen LogP contribution in [-0.4, -0.2) is 36.9 Å². The molecule has 0 aromatic heterocycles. The number of hydrogen-bond donors (Lipinski definition) is 1. The number of hydrogen-bond acceptors (Lipinski definition) is 2. The van der Waals surface area contributed by atoms with Crippen LogP contribution in [0, 0.1) is 0 Å². The first-order valence-electron chi connectivity index (χ1n) is 4.71. The first kappa shape index (κ1) is 11.9. The zero-order valence-corrected chi connectivity index (χ0v) is 8.38. The van der Waals surface area contributed by atoms with Crippen LogP contribution in [-0.2, 0) is 9.59 Å². The Kier molecular flexibility index (Phi) is 6.96. The molecule has 1 N–H and O–H groups in total. The van der Waals surface area contributed by atoms with Crippen molar-refractivity contribution < 1.29 is 9.59 Å². The van der Waals surface area contributed by atoms with Gasteiger partial charge in [0.05, 0.1) is 0 Å². The molecule has 0 saturated carbocycles. The van der Waals surface area contributed by atoms with Crippen LogP contribution in [0.15, 0.2) is 0 Å². The van der Waals surface area contributed by atoms with Gasteiger partial charge in [0.15, 0.2) is 0 Å². The van der Waals surface area contributed by atoms with Crippen LogP contribution in [0.4, 0.5) is 0 Å². The minimum atomic E-state index is 0.165. The van der Waals surface area contributed by atoms with Crippen molar-refractivity contribution in [1.29, 1.82) is 0 Å². The molecule has 0 fully saturated rings. The lowest BCUT2D eigenvalue weighted by molar-refractivity contribution is -0.131. The molecular formula is C9H18N2O2. The Hall–Kier alpha value is -1.06. The molecule has 0 aliphatic heterocycles. The van der Waals surface area contributed by atoms with Crippen LogP contribution in [0.3, 0.4) is 0 Å². The molecule has 4 nitrogen and oxygen atoms in total. The highest BCUT2D eigenvalue weighted by Gasteiger charge is 2.07. The predicted molar refractivity (Wildman–Crippen MR) is 51.2 cm³/mol. The molecule has 13 heavy (non-hydrogen) atoms. The molecule has 0 aliphatic carbocycles. The van der Waals surface area contributed by atoms with E-state index in [0.29, 0.717) is 25.8 Å². The van der Waals surface area contributed by atoms with Gasteiger partial charge in [-0.1, -0.05) is 0 Å². The molecule has 0 spiro atoms. The van der Waals surface area contributed by atoms with E-state index in [9.17, 15) is 9.59 Å². The quantitative estimate of drug-likeness (QED) is 0.461. The van der Waals surface area contributed by atoms with Crippen LogP contribution in [0.5, 0.6) is 0 Å². The van der Waals surface area contributed by atoms with E-state index in [0.717, 1.165) is 13.1 Å². The van der Waals surface area contributed by atoms with E-state index < -0.39 is 0 Å². The highest BCUT2D eigenvalue weighted by molar-refractivity contribution is 5.76. The van der Waals surface area contributed by atoms with Gasteiger partial charge in [-0.3, -0.25) is 9.59 Å². The van der Waals surface area contributed by atoms with Gasteiger partial charge >= 0.3 is 0 Å². The summed E-state index contributed by atoms with van der Waals surface area (Å²) in [7, 11) is 0. The van der Waals surface area contributed by atoms with Crippen LogP contribution < -0.4 is 5.32 Å². The van der Waals surface area contributed by atoms with Crippen molar-refractivity contribution in [2.75, 3.05) is 19.6 Å². The minimum absolute atomic E-state index is 0.165. The van der Waals surface area contributed by atoms with Crippen molar-refractivity contribution in [2.45, 2.75) is 26.7 Å². The van der Waals surface area contributed by atoms with Gasteiger partial charge in [-0.15, -0.1) is 0 Å². The average molecular weight is 186 g/mol. The maximum absolute atomic E-state index is 11.4. The summed E-state index contributed by atoms with van der Waals surface area (Å²) in [5, 5.41) is 2.53. The SMILES string of the molecule is CCN(CC)C(=O)CCCNC=O. The monoisotopic (exact) mass is 186 g/mol. The van der Waals surface area contributed by atoms with Crippen LogP contribution in [0.25, 0.3) is 0 Å². The van der Waals surface area contributed by atoms with Crippen molar-refractivity contribution in [3.8, 4) is 0 Å². The summed E-state index contributed by atoms with van der Waals surface area (Å²) in [5.41, 5.74) is 0. The first-order chi connectivity index (χ1) is 6.26. The smallest absolute Gasteiger partial charge is 0.222 e. The zero-order valence-electron chi connectivity index (χ0n) is 8.38. The Morgan fingerprint density at radius 1 is 1.38 bits per heavy atom. The summed E-state index contributed by atoms with van der Waals surface area (Å²) in [4.78, 5) is 23.1. The summed E-state index contributed by atoms with van der Waals surface area (Å²) < 4.78 is 0. The minimum Gasteiger partial charge on any atom is -0.359 e. The van der Waals surface area contributed by atoms with Gasteiger partial charge in [0.2, 0.25) is 12.3 Å². The van der Waals surface area contributed by atoms with E-state index in [4.69, 9.17) is 0 Å². The van der Waals surface area contributed by atoms with Gasteiger partial charge < -0.3 is 10.2 Å². The molecule has 0 bridgehead atoms. The third-order valence-corrected chi connectivity index (χ3v) is 1.91. The van der Waals surface area contributed by atoms with Gasteiger partial charge in [-0.05, 0) is 20.3 Å². The number of rotatable bonds is 7. The summed E-state index contributed by atoms with van der Waals surface area (Å²) >= 11 is 0. The van der Waals surface area contributed by atoms with E-state index in [-0.39, 0.29) is 5.91 Å². The van der Waals surface area contributed by atoms with Gasteiger partial charge in [0.25, 0.3) is 0 Å². The molecule has 0 radical (unpaired) electrons. The first-order valence-corrected chi connectivity index (χ1v) is 4.71. The average Bonchev–Trinajstić information content (AvgIpc) is 2.14. The molecule has 4 heteroatoms. The van der Waals surface area contributed by atoms with Crippen LogP contribution in [0.2, 0.25) is 0 Å². The van der Waals surface area contributed by atoms with Crippen molar-refractivity contribution in [3.63, 3.8) is 0 Å². The van der Waals surface area contributed by atoms with Gasteiger partial charge in [-0.2, -0.15) is 0 Å². The van der Waals surface area contributed by atoms with Crippen molar-refractivity contribution >= 4 is 12.3 Å². The second-order valence-corrected chi connectivity index (χ2v) is 2.74. The van der Waals surface area contributed by atoms with Crippen molar-refractivity contribution in [1.82, 2.24) is 10.2 Å². The van der Waals surface area contributed by atoms with Crippen LogP contribution >= 0.6 is 0 Å². The lowest BCUT2D eigenvalue weighted by atomic mass is 10.2. The molecular weight excluding hydrogens is 168 g/mol. The largest absolute Gasteiger partial charge is 0.359 e. The standard InChI is InChI=1S/C9H18N2O2/c1-3-11(4-2)9(13)6-5-7-10-8-12/h8H,3-7H2,1-2H3,(H,10,12). The highest BCUT2D eigenvalue weighted by Crippen LogP contribution is 1.96. The molecule has 0 aromatic carbocycles.